The average molecular weight is 280 g/mol. The molecule has 0 aromatic rings. The second-order valence-electron chi connectivity index (χ2n) is 7.83. The molecule has 116 valence electrons. The van der Waals surface area contributed by atoms with E-state index in [1.54, 1.807) is 0 Å². The molecule has 0 unspecified atom stereocenters. The lowest BCUT2D eigenvalue weighted by Crippen LogP contribution is -2.39. The van der Waals surface area contributed by atoms with Crippen molar-refractivity contribution in [3.05, 3.63) is 0 Å². The van der Waals surface area contributed by atoms with Crippen molar-refractivity contribution in [3.63, 3.8) is 0 Å². The third-order valence-electron chi connectivity index (χ3n) is 5.38. The molecule has 0 heterocycles. The molecular weight excluding hydrogens is 248 g/mol. The number of carbonyl (C=O) groups excluding carboxylic acids is 1. The van der Waals surface area contributed by atoms with Crippen molar-refractivity contribution in [2.45, 2.75) is 90.1 Å². The van der Waals surface area contributed by atoms with Crippen LogP contribution in [0.15, 0.2) is 0 Å². The van der Waals surface area contributed by atoms with Crippen LogP contribution in [0.3, 0.4) is 0 Å². The zero-order valence-electron chi connectivity index (χ0n) is 13.3. The third-order valence-corrected chi connectivity index (χ3v) is 5.38. The Morgan fingerprint density at radius 3 is 2.30 bits per heavy atom. The van der Waals surface area contributed by atoms with Crippen molar-refractivity contribution in [2.24, 2.45) is 17.1 Å². The maximum atomic E-state index is 12.0. The predicted molar refractivity (Wildman–Crippen MR) is 83.3 cm³/mol. The van der Waals surface area contributed by atoms with Gasteiger partial charge in [-0.3, -0.25) is 4.79 Å². The highest BCUT2D eigenvalue weighted by molar-refractivity contribution is 5.76. The van der Waals surface area contributed by atoms with Gasteiger partial charge in [0.15, 0.2) is 0 Å². The van der Waals surface area contributed by atoms with Gasteiger partial charge in [0, 0.05) is 18.5 Å². The van der Waals surface area contributed by atoms with Crippen LogP contribution in [0, 0.1) is 11.3 Å². The first-order valence-electron chi connectivity index (χ1n) is 8.49. The zero-order chi connectivity index (χ0) is 14.6. The summed E-state index contributed by atoms with van der Waals surface area (Å²) in [6.45, 7) is 4.66. The Hall–Kier alpha value is -0.570. The number of hydrogen-bond donors (Lipinski definition) is 2. The molecule has 1 amide bonds. The van der Waals surface area contributed by atoms with E-state index in [-0.39, 0.29) is 5.91 Å². The summed E-state index contributed by atoms with van der Waals surface area (Å²) in [4.78, 5) is 12.0. The van der Waals surface area contributed by atoms with Crippen LogP contribution < -0.4 is 11.1 Å². The van der Waals surface area contributed by atoms with Gasteiger partial charge in [0.1, 0.15) is 0 Å². The molecule has 0 spiro atoms. The Bertz CT molecular complexity index is 309. The molecule has 0 radical (unpaired) electrons. The summed E-state index contributed by atoms with van der Waals surface area (Å²) < 4.78 is 0. The summed E-state index contributed by atoms with van der Waals surface area (Å²) in [5.41, 5.74) is 6.39. The van der Waals surface area contributed by atoms with Crippen molar-refractivity contribution < 1.29 is 4.79 Å². The second kappa shape index (κ2) is 6.93. The Morgan fingerprint density at radius 2 is 1.70 bits per heavy atom. The van der Waals surface area contributed by atoms with Crippen LogP contribution in [-0.2, 0) is 4.79 Å². The fraction of sp³-hybridized carbons (Fsp3) is 0.941. The minimum Gasteiger partial charge on any atom is -0.353 e. The van der Waals surface area contributed by atoms with Crippen molar-refractivity contribution >= 4 is 5.91 Å². The third kappa shape index (κ3) is 5.08. The number of amides is 1. The number of rotatable bonds is 4. The zero-order valence-corrected chi connectivity index (χ0v) is 13.3. The molecule has 2 fully saturated rings. The van der Waals surface area contributed by atoms with Crippen LogP contribution in [0.2, 0.25) is 0 Å². The number of nitrogens with two attached hydrogens (primary N) is 1. The molecule has 2 aliphatic rings. The van der Waals surface area contributed by atoms with Gasteiger partial charge in [0.2, 0.25) is 5.91 Å². The van der Waals surface area contributed by atoms with Crippen LogP contribution in [-0.4, -0.2) is 18.0 Å². The van der Waals surface area contributed by atoms with E-state index < -0.39 is 0 Å². The highest BCUT2D eigenvalue weighted by Crippen LogP contribution is 2.35. The van der Waals surface area contributed by atoms with Crippen LogP contribution >= 0.6 is 0 Å². The Labute approximate surface area is 124 Å². The topological polar surface area (TPSA) is 55.1 Å². The molecule has 2 rings (SSSR count). The molecule has 2 saturated carbocycles. The van der Waals surface area contributed by atoms with Gasteiger partial charge in [-0.1, -0.05) is 13.8 Å². The summed E-state index contributed by atoms with van der Waals surface area (Å²) in [6, 6.07) is 0.834. The van der Waals surface area contributed by atoms with Gasteiger partial charge in [0.25, 0.3) is 0 Å². The average Bonchev–Trinajstić information content (AvgIpc) is 2.41. The minimum atomic E-state index is 0.268. The number of carbonyl (C=O) groups is 1. The molecule has 0 aromatic heterocycles. The van der Waals surface area contributed by atoms with Crippen molar-refractivity contribution in [2.75, 3.05) is 0 Å². The quantitative estimate of drug-likeness (QED) is 0.829. The molecule has 3 N–H and O–H groups in total. The van der Waals surface area contributed by atoms with E-state index in [0.29, 0.717) is 23.9 Å². The molecule has 0 saturated heterocycles. The largest absolute Gasteiger partial charge is 0.353 e. The smallest absolute Gasteiger partial charge is 0.220 e. The maximum absolute atomic E-state index is 12.0. The van der Waals surface area contributed by atoms with Gasteiger partial charge < -0.3 is 11.1 Å². The first kappa shape index (κ1) is 15.8. The van der Waals surface area contributed by atoms with E-state index in [4.69, 9.17) is 5.73 Å². The molecule has 0 atom stereocenters. The van der Waals surface area contributed by atoms with E-state index in [2.05, 4.69) is 19.2 Å². The second-order valence-corrected chi connectivity index (χ2v) is 7.83. The lowest BCUT2D eigenvalue weighted by Gasteiger charge is -2.34. The van der Waals surface area contributed by atoms with Gasteiger partial charge in [-0.15, -0.1) is 0 Å². The standard InChI is InChI=1S/C17H32N2O/c1-17(2)11-9-15(10-12-17)19-16(20)8-5-13-3-6-14(18)7-4-13/h13-15H,3-12,18H2,1-2H3,(H,19,20). The predicted octanol–water partition coefficient (Wildman–Crippen LogP) is 3.37. The fourth-order valence-corrected chi connectivity index (χ4v) is 3.66. The van der Waals surface area contributed by atoms with Crippen molar-refractivity contribution in [1.29, 1.82) is 0 Å². The van der Waals surface area contributed by atoms with Crippen LogP contribution in [0.25, 0.3) is 0 Å². The highest BCUT2D eigenvalue weighted by atomic mass is 16.1. The number of hydrogen-bond acceptors (Lipinski definition) is 2. The van der Waals surface area contributed by atoms with Crippen molar-refractivity contribution in [3.8, 4) is 0 Å². The molecule has 2 aliphatic carbocycles. The lowest BCUT2D eigenvalue weighted by atomic mass is 9.75. The molecular formula is C17H32N2O. The Morgan fingerprint density at radius 1 is 1.10 bits per heavy atom. The monoisotopic (exact) mass is 280 g/mol. The summed E-state index contributed by atoms with van der Waals surface area (Å²) in [7, 11) is 0. The lowest BCUT2D eigenvalue weighted by molar-refractivity contribution is -0.122. The van der Waals surface area contributed by atoms with E-state index in [0.717, 1.165) is 38.0 Å². The summed E-state index contributed by atoms with van der Waals surface area (Å²) >= 11 is 0. The molecule has 3 heteroatoms. The molecule has 0 aliphatic heterocycles. The first-order chi connectivity index (χ1) is 9.44. The van der Waals surface area contributed by atoms with Gasteiger partial charge in [0.05, 0.1) is 0 Å². The van der Waals surface area contributed by atoms with E-state index in [1.165, 1.54) is 25.7 Å². The molecule has 3 nitrogen and oxygen atoms in total. The van der Waals surface area contributed by atoms with E-state index in [9.17, 15) is 4.79 Å². The van der Waals surface area contributed by atoms with Crippen LogP contribution in [0.1, 0.15) is 78.1 Å². The van der Waals surface area contributed by atoms with Gasteiger partial charge in [-0.05, 0) is 69.1 Å². The molecule has 20 heavy (non-hydrogen) atoms. The van der Waals surface area contributed by atoms with Crippen LogP contribution in [0.4, 0.5) is 0 Å². The number of nitrogens with one attached hydrogen (secondary N) is 1. The highest BCUT2D eigenvalue weighted by Gasteiger charge is 2.27. The Kier molecular flexibility index (Phi) is 5.48. The van der Waals surface area contributed by atoms with Gasteiger partial charge in [-0.2, -0.15) is 0 Å². The van der Waals surface area contributed by atoms with Gasteiger partial charge >= 0.3 is 0 Å². The minimum absolute atomic E-state index is 0.268. The van der Waals surface area contributed by atoms with E-state index in [1.807, 2.05) is 0 Å². The summed E-state index contributed by atoms with van der Waals surface area (Å²) in [6.07, 6.45) is 11.2. The maximum Gasteiger partial charge on any atom is 0.220 e. The fourth-order valence-electron chi connectivity index (χ4n) is 3.66. The van der Waals surface area contributed by atoms with Crippen LogP contribution in [0.5, 0.6) is 0 Å². The first-order valence-corrected chi connectivity index (χ1v) is 8.49. The summed E-state index contributed by atoms with van der Waals surface area (Å²) in [5.74, 6) is 0.996. The SMILES string of the molecule is CC1(C)CCC(NC(=O)CCC2CCC(N)CC2)CC1. The van der Waals surface area contributed by atoms with E-state index >= 15 is 0 Å². The van der Waals surface area contributed by atoms with Gasteiger partial charge in [-0.25, -0.2) is 0 Å². The normalized spacial score (nSPS) is 30.9. The van der Waals surface area contributed by atoms with Crippen molar-refractivity contribution in [1.82, 2.24) is 5.32 Å². The summed E-state index contributed by atoms with van der Waals surface area (Å²) in [5, 5.41) is 3.24. The Balaban J connectivity index is 1.61. The molecule has 0 aromatic carbocycles. The molecule has 0 bridgehead atoms.